The molecule has 3 nitrogen and oxygen atoms in total. The Morgan fingerprint density at radius 3 is 2.25 bits per heavy atom. The van der Waals surface area contributed by atoms with E-state index in [9.17, 15) is 17.4 Å². The molecular formula is C13H18F3NO2S. The fraction of sp³-hybridized carbons (Fsp3) is 0.538. The molecule has 0 aliphatic heterocycles. The van der Waals surface area contributed by atoms with Gasteiger partial charge in [0.05, 0.1) is 0 Å². The molecule has 0 heterocycles. The number of halogens is 3. The fourth-order valence-corrected chi connectivity index (χ4v) is 1.87. The van der Waals surface area contributed by atoms with Gasteiger partial charge in [0.1, 0.15) is 5.75 Å². The highest BCUT2D eigenvalue weighted by Crippen LogP contribution is 2.24. The fourth-order valence-electron chi connectivity index (χ4n) is 1.54. The molecule has 1 aromatic carbocycles. The number of alkyl halides is 3. The van der Waals surface area contributed by atoms with Crippen molar-refractivity contribution in [3.63, 3.8) is 0 Å². The predicted octanol–water partition coefficient (Wildman–Crippen LogP) is 3.00. The molecule has 20 heavy (non-hydrogen) atoms. The number of nitrogens with one attached hydrogen (secondary N) is 1. The largest absolute Gasteiger partial charge is 0.573 e. The third-order valence-electron chi connectivity index (χ3n) is 2.89. The van der Waals surface area contributed by atoms with E-state index in [1.54, 1.807) is 18.4 Å². The molecule has 0 radical (unpaired) electrons. The Morgan fingerprint density at radius 2 is 1.80 bits per heavy atom. The second-order valence-corrected chi connectivity index (χ2v) is 6.36. The maximum absolute atomic E-state index is 12.0. The topological polar surface area (TPSA) is 38.3 Å². The van der Waals surface area contributed by atoms with Crippen molar-refractivity contribution in [1.29, 1.82) is 0 Å². The van der Waals surface area contributed by atoms with Gasteiger partial charge < -0.3 is 10.1 Å². The molecule has 0 aliphatic carbocycles. The maximum Gasteiger partial charge on any atom is 0.573 e. The molecule has 0 aromatic heterocycles. The van der Waals surface area contributed by atoms with Crippen molar-refractivity contribution in [2.75, 3.05) is 12.8 Å². The van der Waals surface area contributed by atoms with Crippen LogP contribution in [0.1, 0.15) is 25.5 Å². The van der Waals surface area contributed by atoms with Crippen LogP contribution in [0.2, 0.25) is 0 Å². The summed E-state index contributed by atoms with van der Waals surface area (Å²) in [6.45, 7) is 4.34. The van der Waals surface area contributed by atoms with Gasteiger partial charge in [0, 0.05) is 34.9 Å². The number of benzene rings is 1. The molecule has 0 saturated carbocycles. The molecular weight excluding hydrogens is 291 g/mol. The van der Waals surface area contributed by atoms with Gasteiger partial charge in [0.25, 0.3) is 0 Å². The minimum atomic E-state index is -4.67. The van der Waals surface area contributed by atoms with Gasteiger partial charge in [0.2, 0.25) is 0 Å². The SMILES string of the molecule is CC(NCC(C)S(C)=O)c1ccc(OC(F)(F)F)cc1. The van der Waals surface area contributed by atoms with E-state index >= 15 is 0 Å². The minimum Gasteiger partial charge on any atom is -0.406 e. The average molecular weight is 309 g/mol. The summed E-state index contributed by atoms with van der Waals surface area (Å²) in [5.74, 6) is -0.239. The molecule has 0 spiro atoms. The van der Waals surface area contributed by atoms with E-state index in [4.69, 9.17) is 0 Å². The first-order chi connectivity index (χ1) is 9.19. The van der Waals surface area contributed by atoms with Crippen LogP contribution < -0.4 is 10.1 Å². The van der Waals surface area contributed by atoms with E-state index in [1.165, 1.54) is 12.1 Å². The predicted molar refractivity (Wildman–Crippen MR) is 73.1 cm³/mol. The summed E-state index contributed by atoms with van der Waals surface area (Å²) in [5.41, 5.74) is 0.841. The smallest absolute Gasteiger partial charge is 0.406 e. The van der Waals surface area contributed by atoms with Crippen LogP contribution >= 0.6 is 0 Å². The summed E-state index contributed by atoms with van der Waals surface area (Å²) in [7, 11) is -0.906. The van der Waals surface area contributed by atoms with E-state index in [0.29, 0.717) is 6.54 Å². The van der Waals surface area contributed by atoms with Gasteiger partial charge in [-0.15, -0.1) is 13.2 Å². The lowest BCUT2D eigenvalue weighted by atomic mass is 10.1. The Morgan fingerprint density at radius 1 is 1.25 bits per heavy atom. The van der Waals surface area contributed by atoms with Crippen molar-refractivity contribution in [3.05, 3.63) is 29.8 Å². The third-order valence-corrected chi connectivity index (χ3v) is 4.19. The van der Waals surface area contributed by atoms with Gasteiger partial charge in [-0.25, -0.2) is 0 Å². The third kappa shape index (κ3) is 5.92. The van der Waals surface area contributed by atoms with Crippen LogP contribution in [0, 0.1) is 0 Å². The minimum absolute atomic E-state index is 0.0188. The number of ether oxygens (including phenoxy) is 1. The molecule has 0 aliphatic rings. The summed E-state index contributed by atoms with van der Waals surface area (Å²) < 4.78 is 51.1. The number of rotatable bonds is 6. The van der Waals surface area contributed by atoms with Gasteiger partial charge in [-0.3, -0.25) is 4.21 Å². The number of hydrogen-bond acceptors (Lipinski definition) is 3. The Balaban J connectivity index is 2.57. The first kappa shape index (κ1) is 17.0. The van der Waals surface area contributed by atoms with Gasteiger partial charge in [0.15, 0.2) is 0 Å². The van der Waals surface area contributed by atoms with E-state index in [0.717, 1.165) is 5.56 Å². The van der Waals surface area contributed by atoms with Crippen molar-refractivity contribution in [3.8, 4) is 5.75 Å². The zero-order valence-corrected chi connectivity index (χ0v) is 12.3. The molecule has 0 fully saturated rings. The van der Waals surface area contributed by atoms with Gasteiger partial charge in [-0.2, -0.15) is 0 Å². The van der Waals surface area contributed by atoms with Crippen LogP contribution in [0.15, 0.2) is 24.3 Å². The highest BCUT2D eigenvalue weighted by Gasteiger charge is 2.31. The molecule has 0 saturated heterocycles. The average Bonchev–Trinajstić information content (AvgIpc) is 2.34. The second-order valence-electron chi connectivity index (χ2n) is 4.56. The first-order valence-corrected chi connectivity index (χ1v) is 7.72. The van der Waals surface area contributed by atoms with Crippen molar-refractivity contribution < 1.29 is 22.1 Å². The Labute approximate surface area is 119 Å². The highest BCUT2D eigenvalue weighted by atomic mass is 32.2. The van der Waals surface area contributed by atoms with Crippen LogP contribution in [0.3, 0.4) is 0 Å². The zero-order chi connectivity index (χ0) is 15.3. The normalized spacial score (nSPS) is 16.5. The Hall–Kier alpha value is -1.08. The molecule has 0 bridgehead atoms. The lowest BCUT2D eigenvalue weighted by Crippen LogP contribution is -2.29. The van der Waals surface area contributed by atoms with Crippen LogP contribution in [0.25, 0.3) is 0 Å². The first-order valence-electron chi connectivity index (χ1n) is 6.10. The molecule has 1 aromatic rings. The van der Waals surface area contributed by atoms with Crippen molar-refractivity contribution >= 4 is 10.8 Å². The van der Waals surface area contributed by atoms with Gasteiger partial charge in [-0.05, 0) is 31.5 Å². The summed E-state index contributed by atoms with van der Waals surface area (Å²) in [6.07, 6.45) is -3.04. The molecule has 1 rings (SSSR count). The van der Waals surface area contributed by atoms with Crippen molar-refractivity contribution in [2.24, 2.45) is 0 Å². The Bertz CT molecular complexity index is 448. The van der Waals surface area contributed by atoms with Crippen LogP contribution in [0.4, 0.5) is 13.2 Å². The van der Waals surface area contributed by atoms with Gasteiger partial charge in [-0.1, -0.05) is 12.1 Å². The second kappa shape index (κ2) is 7.08. The van der Waals surface area contributed by atoms with E-state index < -0.39 is 17.2 Å². The van der Waals surface area contributed by atoms with Gasteiger partial charge >= 0.3 is 6.36 Å². The quantitative estimate of drug-likeness (QED) is 0.878. The van der Waals surface area contributed by atoms with E-state index in [2.05, 4.69) is 10.1 Å². The summed E-state index contributed by atoms with van der Waals surface area (Å²) >= 11 is 0. The summed E-state index contributed by atoms with van der Waals surface area (Å²) in [4.78, 5) is 0. The molecule has 0 amide bonds. The lowest BCUT2D eigenvalue weighted by molar-refractivity contribution is -0.274. The Kier molecular flexibility index (Phi) is 6.01. The van der Waals surface area contributed by atoms with Crippen LogP contribution in [-0.4, -0.2) is 28.6 Å². The lowest BCUT2D eigenvalue weighted by Gasteiger charge is -2.17. The monoisotopic (exact) mass is 309 g/mol. The molecule has 7 heteroatoms. The molecule has 114 valence electrons. The van der Waals surface area contributed by atoms with Crippen molar-refractivity contribution in [1.82, 2.24) is 5.32 Å². The summed E-state index contributed by atoms with van der Waals surface area (Å²) in [6, 6.07) is 5.67. The molecule has 1 N–H and O–H groups in total. The highest BCUT2D eigenvalue weighted by molar-refractivity contribution is 7.84. The summed E-state index contributed by atoms with van der Waals surface area (Å²) in [5, 5.41) is 3.21. The standard InChI is InChI=1S/C13H18F3NO2S/c1-9(20(3)18)8-17-10(2)11-4-6-12(7-5-11)19-13(14,15)16/h4-7,9-10,17H,8H2,1-3H3. The van der Waals surface area contributed by atoms with Crippen LogP contribution in [0.5, 0.6) is 5.75 Å². The van der Waals surface area contributed by atoms with Crippen molar-refractivity contribution in [2.45, 2.75) is 31.5 Å². The maximum atomic E-state index is 12.0. The molecule has 3 unspecified atom stereocenters. The number of hydrogen-bond donors (Lipinski definition) is 1. The van der Waals surface area contributed by atoms with E-state index in [1.807, 2.05) is 13.8 Å². The van der Waals surface area contributed by atoms with Crippen LogP contribution in [-0.2, 0) is 10.8 Å². The zero-order valence-electron chi connectivity index (χ0n) is 11.5. The molecule has 3 atom stereocenters. The van der Waals surface area contributed by atoms with E-state index in [-0.39, 0.29) is 17.0 Å².